The highest BCUT2D eigenvalue weighted by Crippen LogP contribution is 2.53. The van der Waals surface area contributed by atoms with Crippen molar-refractivity contribution >= 4 is 41.0 Å². The fourth-order valence-electron chi connectivity index (χ4n) is 6.59. The third-order valence-corrected chi connectivity index (χ3v) is 9.24. The lowest BCUT2D eigenvalue weighted by atomic mass is 9.73. The van der Waals surface area contributed by atoms with Gasteiger partial charge in [-0.25, -0.2) is 19.7 Å². The zero-order chi connectivity index (χ0) is 29.9. The SMILES string of the molecule is C[C@H]1COC(=O)N1c1cccc(N2c3nc(Nc4ccc(N5CCN(C)CC5)nc4)ncc3[C@]3(C)COC(C)(C)C[C@H]23)n1. The maximum atomic E-state index is 12.5. The van der Waals surface area contributed by atoms with Crippen molar-refractivity contribution in [3.63, 3.8) is 0 Å². The number of anilines is 6. The second-order valence-electron chi connectivity index (χ2n) is 13.0. The van der Waals surface area contributed by atoms with Gasteiger partial charge in [0.15, 0.2) is 0 Å². The van der Waals surface area contributed by atoms with Crippen molar-refractivity contribution in [1.82, 2.24) is 24.8 Å². The summed E-state index contributed by atoms with van der Waals surface area (Å²) in [6, 6.07) is 9.76. The van der Waals surface area contributed by atoms with Gasteiger partial charge in [-0.05, 0) is 58.5 Å². The number of cyclic esters (lactones) is 1. The van der Waals surface area contributed by atoms with Crippen molar-refractivity contribution in [2.75, 3.05) is 66.5 Å². The summed E-state index contributed by atoms with van der Waals surface area (Å²) in [4.78, 5) is 40.5. The first-order chi connectivity index (χ1) is 20.6. The predicted octanol–water partition coefficient (Wildman–Crippen LogP) is 4.08. The molecule has 226 valence electrons. The summed E-state index contributed by atoms with van der Waals surface area (Å²) in [5, 5.41) is 3.36. The van der Waals surface area contributed by atoms with E-state index in [9.17, 15) is 4.79 Å². The zero-order valence-corrected chi connectivity index (χ0v) is 25.4. The maximum absolute atomic E-state index is 12.5. The summed E-state index contributed by atoms with van der Waals surface area (Å²) in [6.45, 7) is 13.3. The van der Waals surface area contributed by atoms with Crippen molar-refractivity contribution in [2.45, 2.75) is 57.2 Å². The molecule has 43 heavy (non-hydrogen) atoms. The number of amides is 1. The summed E-state index contributed by atoms with van der Waals surface area (Å²) in [7, 11) is 2.15. The second kappa shape index (κ2) is 10.3. The summed E-state index contributed by atoms with van der Waals surface area (Å²) in [6.07, 6.45) is 4.14. The monoisotopic (exact) mass is 585 g/mol. The standard InChI is InChI=1S/C31H39N9O3/c1-20-18-42-29(41)39(20)25-7-6-8-26(35-25)40-23-15-30(2,3)43-19-31(23,4)22-17-33-28(36-27(22)40)34-21-9-10-24(32-16-21)38-13-11-37(5)12-14-38/h6-10,16-17,20,23H,11-15,18-19H2,1-5H3,(H,33,34,36)/t20-,23-,31-/m0/s1. The molecule has 4 aliphatic heterocycles. The molecule has 0 radical (unpaired) electrons. The molecule has 3 aromatic heterocycles. The van der Waals surface area contributed by atoms with Gasteiger partial charge in [0.1, 0.15) is 29.9 Å². The van der Waals surface area contributed by atoms with E-state index in [1.807, 2.05) is 49.6 Å². The van der Waals surface area contributed by atoms with Gasteiger partial charge in [0.05, 0.1) is 36.2 Å². The normalized spacial score (nSPS) is 26.7. The Morgan fingerprint density at radius 1 is 0.930 bits per heavy atom. The van der Waals surface area contributed by atoms with Crippen LogP contribution in [0.2, 0.25) is 0 Å². The molecule has 7 rings (SSSR count). The molecule has 3 saturated heterocycles. The number of carbonyl (C=O) groups is 1. The Morgan fingerprint density at radius 2 is 1.70 bits per heavy atom. The third-order valence-electron chi connectivity index (χ3n) is 9.24. The van der Waals surface area contributed by atoms with Gasteiger partial charge in [0.25, 0.3) is 0 Å². The van der Waals surface area contributed by atoms with Gasteiger partial charge in [0.2, 0.25) is 5.95 Å². The Balaban J connectivity index is 1.22. The van der Waals surface area contributed by atoms with Crippen LogP contribution < -0.4 is 20.0 Å². The summed E-state index contributed by atoms with van der Waals surface area (Å²) in [5.41, 5.74) is 1.17. The Labute approximate surface area is 252 Å². The van der Waals surface area contributed by atoms with E-state index in [-0.39, 0.29) is 29.2 Å². The highest BCUT2D eigenvalue weighted by Gasteiger charge is 2.55. The highest BCUT2D eigenvalue weighted by molar-refractivity contribution is 5.89. The van der Waals surface area contributed by atoms with Gasteiger partial charge in [-0.1, -0.05) is 13.0 Å². The minimum atomic E-state index is -0.378. The van der Waals surface area contributed by atoms with Crippen LogP contribution in [0.15, 0.2) is 42.7 Å². The predicted molar refractivity (Wildman–Crippen MR) is 165 cm³/mol. The van der Waals surface area contributed by atoms with Crippen LogP contribution in [-0.2, 0) is 14.9 Å². The molecule has 0 bridgehead atoms. The maximum Gasteiger partial charge on any atom is 0.415 e. The van der Waals surface area contributed by atoms with E-state index in [0.29, 0.717) is 25.0 Å². The lowest BCUT2D eigenvalue weighted by molar-refractivity contribution is -0.0893. The number of likely N-dealkylation sites (N-methyl/N-ethyl adjacent to an activating group) is 1. The van der Waals surface area contributed by atoms with Crippen molar-refractivity contribution in [3.05, 3.63) is 48.3 Å². The molecule has 1 N–H and O–H groups in total. The third kappa shape index (κ3) is 4.92. The number of fused-ring (bicyclic) bond motifs is 3. The van der Waals surface area contributed by atoms with Gasteiger partial charge in [-0.2, -0.15) is 4.98 Å². The van der Waals surface area contributed by atoms with Gasteiger partial charge >= 0.3 is 6.09 Å². The first kappa shape index (κ1) is 27.8. The molecular formula is C31H39N9O3. The highest BCUT2D eigenvalue weighted by atomic mass is 16.6. The second-order valence-corrected chi connectivity index (χ2v) is 13.0. The lowest BCUT2D eigenvalue weighted by Gasteiger charge is -2.46. The smallest absolute Gasteiger partial charge is 0.415 e. The van der Waals surface area contributed by atoms with Crippen LogP contribution in [0.1, 0.15) is 39.7 Å². The van der Waals surface area contributed by atoms with Crippen LogP contribution in [0.4, 0.5) is 39.7 Å². The molecule has 0 spiro atoms. The Morgan fingerprint density at radius 3 is 2.40 bits per heavy atom. The van der Waals surface area contributed by atoms with Crippen molar-refractivity contribution in [3.8, 4) is 0 Å². The number of nitrogens with zero attached hydrogens (tertiary/aromatic N) is 8. The summed E-state index contributed by atoms with van der Waals surface area (Å²) >= 11 is 0. The van der Waals surface area contributed by atoms with E-state index in [0.717, 1.165) is 61.3 Å². The van der Waals surface area contributed by atoms with E-state index in [4.69, 9.17) is 29.4 Å². The molecule has 12 heteroatoms. The number of hydrogen-bond acceptors (Lipinski definition) is 11. The topological polar surface area (TPSA) is 112 Å². The molecule has 0 saturated carbocycles. The fourth-order valence-corrected chi connectivity index (χ4v) is 6.59. The van der Waals surface area contributed by atoms with Crippen molar-refractivity contribution in [1.29, 1.82) is 0 Å². The van der Waals surface area contributed by atoms with Gasteiger partial charge in [-0.3, -0.25) is 4.90 Å². The molecule has 0 aromatic carbocycles. The number of pyridine rings is 2. The molecule has 7 heterocycles. The fraction of sp³-hybridized carbons (Fsp3) is 0.516. The van der Waals surface area contributed by atoms with Crippen LogP contribution in [0.5, 0.6) is 0 Å². The number of hydrogen-bond donors (Lipinski definition) is 1. The molecule has 3 atom stereocenters. The Kier molecular flexibility index (Phi) is 6.66. The molecule has 1 amide bonds. The first-order valence-electron chi connectivity index (χ1n) is 15.0. The van der Waals surface area contributed by atoms with Crippen molar-refractivity contribution < 1.29 is 14.3 Å². The van der Waals surface area contributed by atoms with E-state index in [2.05, 4.69) is 47.8 Å². The average Bonchev–Trinajstić information content (AvgIpc) is 3.45. The van der Waals surface area contributed by atoms with Crippen LogP contribution in [0, 0.1) is 0 Å². The quantitative estimate of drug-likeness (QED) is 0.467. The molecule has 3 aromatic rings. The Hall–Kier alpha value is -4.03. The van der Waals surface area contributed by atoms with Crippen LogP contribution >= 0.6 is 0 Å². The lowest BCUT2D eigenvalue weighted by Crippen LogP contribution is -2.54. The largest absolute Gasteiger partial charge is 0.447 e. The number of aromatic nitrogens is 4. The molecular weight excluding hydrogens is 546 g/mol. The number of carbonyl (C=O) groups excluding carboxylic acids is 1. The zero-order valence-electron chi connectivity index (χ0n) is 25.4. The number of ether oxygens (including phenoxy) is 2. The van der Waals surface area contributed by atoms with E-state index in [1.165, 1.54) is 0 Å². The molecule has 0 aliphatic carbocycles. The van der Waals surface area contributed by atoms with Gasteiger partial charge in [-0.15, -0.1) is 0 Å². The van der Waals surface area contributed by atoms with Gasteiger partial charge < -0.3 is 29.5 Å². The summed E-state index contributed by atoms with van der Waals surface area (Å²) in [5.74, 6) is 3.53. The number of nitrogens with one attached hydrogen (secondary N) is 1. The van der Waals surface area contributed by atoms with E-state index in [1.54, 1.807) is 4.90 Å². The van der Waals surface area contributed by atoms with Crippen LogP contribution in [-0.4, -0.2) is 95.1 Å². The summed E-state index contributed by atoms with van der Waals surface area (Å²) < 4.78 is 11.6. The molecule has 3 fully saturated rings. The number of piperazine rings is 1. The Bertz CT molecular complexity index is 1530. The van der Waals surface area contributed by atoms with E-state index >= 15 is 0 Å². The minimum absolute atomic E-state index is 0.0334. The molecule has 0 unspecified atom stereocenters. The number of rotatable bonds is 5. The molecule has 12 nitrogen and oxygen atoms in total. The van der Waals surface area contributed by atoms with Crippen LogP contribution in [0.25, 0.3) is 0 Å². The minimum Gasteiger partial charge on any atom is -0.447 e. The van der Waals surface area contributed by atoms with Gasteiger partial charge in [0, 0.05) is 43.4 Å². The molecule has 4 aliphatic rings. The van der Waals surface area contributed by atoms with Crippen molar-refractivity contribution in [2.24, 2.45) is 0 Å². The average molecular weight is 586 g/mol. The van der Waals surface area contributed by atoms with E-state index < -0.39 is 0 Å². The van der Waals surface area contributed by atoms with Crippen LogP contribution in [0.3, 0.4) is 0 Å². The first-order valence-corrected chi connectivity index (χ1v) is 15.0.